The number of fused-ring (bicyclic) bond motifs is 1. The molecule has 1 aromatic carbocycles. The second-order valence-corrected chi connectivity index (χ2v) is 9.17. The van der Waals surface area contributed by atoms with Gasteiger partial charge < -0.3 is 4.57 Å². The van der Waals surface area contributed by atoms with Gasteiger partial charge in [0.15, 0.2) is 0 Å². The zero-order valence-electron chi connectivity index (χ0n) is 19.3. The molecule has 1 saturated heterocycles. The van der Waals surface area contributed by atoms with Crippen LogP contribution in [0.15, 0.2) is 36.7 Å². The Labute approximate surface area is 199 Å². The Balaban J connectivity index is 1.52. The van der Waals surface area contributed by atoms with Crippen LogP contribution < -0.4 is 0 Å². The molecule has 1 N–H and O–H groups in total. The number of nitrogens with one attached hydrogen (secondary N) is 1. The summed E-state index contributed by atoms with van der Waals surface area (Å²) < 4.78 is 56.7. The van der Waals surface area contributed by atoms with Crippen LogP contribution in [0.4, 0.5) is 17.6 Å². The number of aromatic nitrogens is 6. The molecule has 1 fully saturated rings. The lowest BCUT2D eigenvalue weighted by atomic mass is 9.95. The van der Waals surface area contributed by atoms with Crippen molar-refractivity contribution >= 4 is 11.0 Å². The van der Waals surface area contributed by atoms with E-state index in [1.54, 1.807) is 6.33 Å². The molecule has 0 amide bonds. The zero-order valence-corrected chi connectivity index (χ0v) is 19.3. The Morgan fingerprint density at radius 3 is 2.74 bits per heavy atom. The summed E-state index contributed by atoms with van der Waals surface area (Å²) in [6.45, 7) is 2.96. The van der Waals surface area contributed by atoms with E-state index in [1.807, 2.05) is 40.8 Å². The number of likely N-dealkylation sites (tertiary alicyclic amines) is 1. The zero-order chi connectivity index (χ0) is 24.7. The molecule has 0 saturated carbocycles. The van der Waals surface area contributed by atoms with Crippen molar-refractivity contribution in [2.75, 3.05) is 13.1 Å². The van der Waals surface area contributed by atoms with Crippen LogP contribution in [0.2, 0.25) is 0 Å². The molecule has 1 aliphatic rings. The first-order valence-corrected chi connectivity index (χ1v) is 11.4. The van der Waals surface area contributed by atoms with Crippen molar-refractivity contribution in [3.05, 3.63) is 59.3 Å². The van der Waals surface area contributed by atoms with E-state index in [1.165, 1.54) is 0 Å². The second kappa shape index (κ2) is 9.03. The SMILES string of the molecule is C[C@H](Cc1nncn1C)c1cccc(-c2n[nH]c3c(CN4CC[C@H](F)C4)cc(C(F)(F)F)nc23)c1. The lowest BCUT2D eigenvalue weighted by Crippen LogP contribution is -2.21. The van der Waals surface area contributed by atoms with Crippen LogP contribution in [0, 0.1) is 0 Å². The molecule has 4 aromatic rings. The first kappa shape index (κ1) is 23.4. The molecule has 4 heterocycles. The summed E-state index contributed by atoms with van der Waals surface area (Å²) in [5.74, 6) is 0.938. The number of benzene rings is 1. The molecule has 11 heteroatoms. The maximum Gasteiger partial charge on any atom is 0.433 e. The Bertz CT molecular complexity index is 1340. The average Bonchev–Trinajstić information content (AvgIpc) is 3.53. The maximum atomic E-state index is 13.7. The number of alkyl halides is 4. The molecule has 5 rings (SSSR count). The van der Waals surface area contributed by atoms with E-state index in [2.05, 4.69) is 32.3 Å². The smallest absolute Gasteiger partial charge is 0.321 e. The fourth-order valence-corrected chi connectivity index (χ4v) is 4.58. The quantitative estimate of drug-likeness (QED) is 0.401. The molecule has 7 nitrogen and oxygen atoms in total. The first-order chi connectivity index (χ1) is 16.7. The molecule has 184 valence electrons. The van der Waals surface area contributed by atoms with Gasteiger partial charge in [-0.25, -0.2) is 9.37 Å². The summed E-state index contributed by atoms with van der Waals surface area (Å²) in [7, 11) is 1.88. The minimum Gasteiger partial charge on any atom is -0.321 e. The lowest BCUT2D eigenvalue weighted by Gasteiger charge is -2.16. The Morgan fingerprint density at radius 1 is 1.23 bits per heavy atom. The number of rotatable bonds is 6. The summed E-state index contributed by atoms with van der Waals surface area (Å²) in [5, 5.41) is 15.3. The molecule has 0 aliphatic carbocycles. The number of halogens is 4. The highest BCUT2D eigenvalue weighted by Crippen LogP contribution is 2.35. The summed E-state index contributed by atoms with van der Waals surface area (Å²) in [4.78, 5) is 5.76. The van der Waals surface area contributed by atoms with Crippen molar-refractivity contribution in [1.29, 1.82) is 0 Å². The fourth-order valence-electron chi connectivity index (χ4n) is 4.58. The monoisotopic (exact) mass is 487 g/mol. The van der Waals surface area contributed by atoms with Crippen molar-refractivity contribution in [2.24, 2.45) is 7.05 Å². The fraction of sp³-hybridized carbons (Fsp3) is 0.417. The van der Waals surface area contributed by atoms with Crippen LogP contribution in [-0.4, -0.2) is 54.1 Å². The number of hydrogen-bond donors (Lipinski definition) is 1. The van der Waals surface area contributed by atoms with Gasteiger partial charge in [-0.2, -0.15) is 18.3 Å². The maximum absolute atomic E-state index is 13.7. The van der Waals surface area contributed by atoms with E-state index < -0.39 is 18.0 Å². The van der Waals surface area contributed by atoms with Gasteiger partial charge >= 0.3 is 6.18 Å². The van der Waals surface area contributed by atoms with Gasteiger partial charge in [-0.15, -0.1) is 10.2 Å². The summed E-state index contributed by atoms with van der Waals surface area (Å²) in [6.07, 6.45) is -2.89. The number of hydrogen-bond acceptors (Lipinski definition) is 5. The molecule has 0 radical (unpaired) electrons. The normalized spacial score (nSPS) is 17.9. The van der Waals surface area contributed by atoms with Crippen LogP contribution in [0.3, 0.4) is 0 Å². The van der Waals surface area contributed by atoms with Gasteiger partial charge in [0, 0.05) is 38.7 Å². The third kappa shape index (κ3) is 4.77. The highest BCUT2D eigenvalue weighted by atomic mass is 19.4. The van der Waals surface area contributed by atoms with Crippen molar-refractivity contribution in [3.8, 4) is 11.3 Å². The van der Waals surface area contributed by atoms with Crippen LogP contribution in [0.25, 0.3) is 22.3 Å². The van der Waals surface area contributed by atoms with Crippen LogP contribution >= 0.6 is 0 Å². The lowest BCUT2D eigenvalue weighted by molar-refractivity contribution is -0.141. The van der Waals surface area contributed by atoms with Crippen molar-refractivity contribution < 1.29 is 17.6 Å². The Hall–Kier alpha value is -3.34. The standard InChI is InChI=1S/C24H25F4N7/c1-14(8-20-31-29-13-34(20)2)15-4-3-5-16(9-15)21-23-22(33-32-21)17(10-19(30-23)24(26,27)28)11-35-7-6-18(25)12-35/h3-5,9-10,13-14,18H,6-8,11-12H2,1-2H3,(H,32,33)/t14-,18+/m1/s1. The van der Waals surface area contributed by atoms with Gasteiger partial charge in [0.25, 0.3) is 0 Å². The molecule has 2 atom stereocenters. The number of H-pyrrole nitrogens is 1. The number of pyridine rings is 1. The van der Waals surface area contributed by atoms with E-state index in [4.69, 9.17) is 0 Å². The molecule has 1 aliphatic heterocycles. The van der Waals surface area contributed by atoms with E-state index in [0.717, 1.165) is 17.5 Å². The molecule has 3 aromatic heterocycles. The Morgan fingerprint density at radius 2 is 2.06 bits per heavy atom. The van der Waals surface area contributed by atoms with Gasteiger partial charge in [0.05, 0.1) is 5.52 Å². The van der Waals surface area contributed by atoms with Gasteiger partial charge in [0.1, 0.15) is 35.2 Å². The van der Waals surface area contributed by atoms with E-state index in [0.29, 0.717) is 41.7 Å². The Kier molecular flexibility index (Phi) is 6.04. The van der Waals surface area contributed by atoms with Gasteiger partial charge in [0.2, 0.25) is 0 Å². The molecule has 35 heavy (non-hydrogen) atoms. The van der Waals surface area contributed by atoms with Crippen LogP contribution in [-0.2, 0) is 26.2 Å². The third-order valence-corrected chi connectivity index (χ3v) is 6.53. The topological polar surface area (TPSA) is 75.5 Å². The average molecular weight is 488 g/mol. The van der Waals surface area contributed by atoms with Crippen molar-refractivity contribution in [1.82, 2.24) is 34.8 Å². The van der Waals surface area contributed by atoms with Gasteiger partial charge in [-0.05, 0) is 35.6 Å². The largest absolute Gasteiger partial charge is 0.433 e. The van der Waals surface area contributed by atoms with Crippen molar-refractivity contribution in [3.63, 3.8) is 0 Å². The molecule has 0 bridgehead atoms. The number of aryl methyl sites for hydroxylation is 1. The minimum atomic E-state index is -4.61. The van der Waals surface area contributed by atoms with Crippen molar-refractivity contribution in [2.45, 2.75) is 44.6 Å². The van der Waals surface area contributed by atoms with Crippen LogP contribution in [0.1, 0.15) is 41.9 Å². The predicted octanol–water partition coefficient (Wildman–Crippen LogP) is 4.66. The second-order valence-electron chi connectivity index (χ2n) is 9.17. The van der Waals surface area contributed by atoms with Gasteiger partial charge in [-0.3, -0.25) is 10.00 Å². The first-order valence-electron chi connectivity index (χ1n) is 11.4. The van der Waals surface area contributed by atoms with Gasteiger partial charge in [-0.1, -0.05) is 25.1 Å². The highest BCUT2D eigenvalue weighted by molar-refractivity contribution is 5.91. The van der Waals surface area contributed by atoms with E-state index in [9.17, 15) is 17.6 Å². The molecular weight excluding hydrogens is 462 g/mol. The highest BCUT2D eigenvalue weighted by Gasteiger charge is 2.35. The van der Waals surface area contributed by atoms with E-state index in [-0.39, 0.29) is 24.5 Å². The molecular formula is C24H25F4N7. The summed E-state index contributed by atoms with van der Waals surface area (Å²) in [5.41, 5.74) is 2.04. The third-order valence-electron chi connectivity index (χ3n) is 6.53. The van der Waals surface area contributed by atoms with E-state index >= 15 is 0 Å². The molecule has 0 spiro atoms. The van der Waals surface area contributed by atoms with Crippen LogP contribution in [0.5, 0.6) is 0 Å². The number of aromatic amines is 1. The summed E-state index contributed by atoms with van der Waals surface area (Å²) >= 11 is 0. The molecule has 0 unspecified atom stereocenters. The predicted molar refractivity (Wildman–Crippen MR) is 122 cm³/mol. The number of nitrogens with zero attached hydrogens (tertiary/aromatic N) is 6. The summed E-state index contributed by atoms with van der Waals surface area (Å²) in [6, 6.07) is 8.60. The minimum absolute atomic E-state index is 0.0983.